The smallest absolute Gasteiger partial charge is 0.316 e. The lowest BCUT2D eigenvalue weighted by Gasteiger charge is -2.04. The SMILES string of the molecule is COC(=O)CSc1nccc(C)c1Br. The van der Waals surface area contributed by atoms with Crippen LogP contribution in [0.3, 0.4) is 0 Å². The van der Waals surface area contributed by atoms with Gasteiger partial charge in [-0.3, -0.25) is 4.79 Å². The van der Waals surface area contributed by atoms with E-state index in [-0.39, 0.29) is 11.7 Å². The quantitative estimate of drug-likeness (QED) is 0.628. The normalized spacial score (nSPS) is 9.93. The monoisotopic (exact) mass is 275 g/mol. The molecule has 0 spiro atoms. The Hall–Kier alpha value is -0.550. The van der Waals surface area contributed by atoms with Gasteiger partial charge in [0.1, 0.15) is 5.03 Å². The summed E-state index contributed by atoms with van der Waals surface area (Å²) in [5, 5.41) is 0.815. The predicted octanol–water partition coefficient (Wildman–Crippen LogP) is 2.42. The first-order valence-corrected chi connectivity index (χ1v) is 5.73. The number of nitrogens with zero attached hydrogens (tertiary/aromatic N) is 1. The Morgan fingerprint density at radius 2 is 2.43 bits per heavy atom. The fraction of sp³-hybridized carbons (Fsp3) is 0.333. The van der Waals surface area contributed by atoms with Gasteiger partial charge in [-0.25, -0.2) is 4.98 Å². The molecular weight excluding hydrogens is 266 g/mol. The molecular formula is C9H10BrNO2S. The molecule has 0 aromatic carbocycles. The molecule has 5 heteroatoms. The van der Waals surface area contributed by atoms with Crippen molar-refractivity contribution in [3.63, 3.8) is 0 Å². The fourth-order valence-corrected chi connectivity index (χ4v) is 2.18. The summed E-state index contributed by atoms with van der Waals surface area (Å²) in [6.07, 6.45) is 1.72. The Morgan fingerprint density at radius 1 is 1.71 bits per heavy atom. The van der Waals surface area contributed by atoms with Crippen LogP contribution < -0.4 is 0 Å². The van der Waals surface area contributed by atoms with Crippen LogP contribution in [0.4, 0.5) is 0 Å². The standard InChI is InChI=1S/C9H10BrNO2S/c1-6-3-4-11-9(8(6)10)14-5-7(12)13-2/h3-4H,5H2,1-2H3. The van der Waals surface area contributed by atoms with Gasteiger partial charge in [0, 0.05) is 6.20 Å². The van der Waals surface area contributed by atoms with Crippen molar-refractivity contribution in [2.45, 2.75) is 11.9 Å². The van der Waals surface area contributed by atoms with Crippen molar-refractivity contribution < 1.29 is 9.53 Å². The second kappa shape index (κ2) is 5.36. The van der Waals surface area contributed by atoms with Gasteiger partial charge in [0.05, 0.1) is 17.3 Å². The number of carbonyl (C=O) groups is 1. The van der Waals surface area contributed by atoms with Crippen molar-refractivity contribution in [2.75, 3.05) is 12.9 Å². The first-order chi connectivity index (χ1) is 6.65. The molecule has 0 unspecified atom stereocenters. The van der Waals surface area contributed by atoms with Crippen LogP contribution in [-0.2, 0) is 9.53 Å². The maximum absolute atomic E-state index is 10.9. The minimum atomic E-state index is -0.245. The molecule has 1 rings (SSSR count). The van der Waals surface area contributed by atoms with Gasteiger partial charge in [-0.2, -0.15) is 0 Å². The Bertz CT molecular complexity index is 344. The number of aromatic nitrogens is 1. The van der Waals surface area contributed by atoms with E-state index < -0.39 is 0 Å². The van der Waals surface area contributed by atoms with Crippen molar-refractivity contribution in [3.05, 3.63) is 22.3 Å². The van der Waals surface area contributed by atoms with Gasteiger partial charge >= 0.3 is 5.97 Å². The van der Waals surface area contributed by atoms with Crippen LogP contribution in [0, 0.1) is 6.92 Å². The number of methoxy groups -OCH3 is 1. The van der Waals surface area contributed by atoms with E-state index in [4.69, 9.17) is 0 Å². The highest BCUT2D eigenvalue weighted by Gasteiger charge is 2.07. The third-order valence-corrected chi connectivity index (χ3v) is 3.83. The van der Waals surface area contributed by atoms with E-state index in [1.165, 1.54) is 18.9 Å². The van der Waals surface area contributed by atoms with Gasteiger partial charge in [0.2, 0.25) is 0 Å². The summed E-state index contributed by atoms with van der Waals surface area (Å²) in [4.78, 5) is 15.0. The van der Waals surface area contributed by atoms with E-state index in [2.05, 4.69) is 25.7 Å². The van der Waals surface area contributed by atoms with Crippen LogP contribution in [0.15, 0.2) is 21.8 Å². The van der Waals surface area contributed by atoms with Crippen LogP contribution in [-0.4, -0.2) is 23.8 Å². The van der Waals surface area contributed by atoms with E-state index in [1.54, 1.807) is 6.20 Å². The number of thioether (sulfide) groups is 1. The average molecular weight is 276 g/mol. The minimum absolute atomic E-state index is 0.245. The number of aryl methyl sites for hydroxylation is 1. The zero-order valence-electron chi connectivity index (χ0n) is 7.91. The number of carbonyl (C=O) groups excluding carboxylic acids is 1. The molecule has 1 heterocycles. The van der Waals surface area contributed by atoms with Crippen molar-refractivity contribution in [3.8, 4) is 0 Å². The molecule has 1 aromatic heterocycles. The second-order valence-corrected chi connectivity index (χ2v) is 4.37. The van der Waals surface area contributed by atoms with Crippen molar-refractivity contribution in [1.82, 2.24) is 4.98 Å². The summed E-state index contributed by atoms with van der Waals surface area (Å²) in [6.45, 7) is 1.98. The topological polar surface area (TPSA) is 39.2 Å². The highest BCUT2D eigenvalue weighted by Crippen LogP contribution is 2.27. The molecule has 0 atom stereocenters. The molecule has 14 heavy (non-hydrogen) atoms. The number of hydrogen-bond acceptors (Lipinski definition) is 4. The van der Waals surface area contributed by atoms with E-state index in [0.29, 0.717) is 0 Å². The molecule has 0 aliphatic carbocycles. The molecule has 0 saturated carbocycles. The Kier molecular flexibility index (Phi) is 4.41. The highest BCUT2D eigenvalue weighted by molar-refractivity contribution is 9.10. The third-order valence-electron chi connectivity index (χ3n) is 1.60. The first kappa shape index (κ1) is 11.5. The van der Waals surface area contributed by atoms with Gasteiger partial charge in [0.25, 0.3) is 0 Å². The predicted molar refractivity (Wildman–Crippen MR) is 59.4 cm³/mol. The molecule has 0 aliphatic heterocycles. The maximum Gasteiger partial charge on any atom is 0.316 e. The zero-order chi connectivity index (χ0) is 10.6. The number of esters is 1. The average Bonchev–Trinajstić information content (AvgIpc) is 2.20. The summed E-state index contributed by atoms with van der Waals surface area (Å²) in [5.74, 6) is 0.0381. The highest BCUT2D eigenvalue weighted by atomic mass is 79.9. The summed E-state index contributed by atoms with van der Waals surface area (Å²) in [7, 11) is 1.38. The lowest BCUT2D eigenvalue weighted by molar-refractivity contribution is -0.137. The summed E-state index contributed by atoms with van der Waals surface area (Å²) in [6, 6.07) is 1.91. The van der Waals surface area contributed by atoms with Gasteiger partial charge in [-0.1, -0.05) is 11.8 Å². The van der Waals surface area contributed by atoms with Crippen LogP contribution in [0.5, 0.6) is 0 Å². The molecule has 0 radical (unpaired) electrons. The summed E-state index contributed by atoms with van der Waals surface area (Å²) in [5.41, 5.74) is 1.10. The lowest BCUT2D eigenvalue weighted by atomic mass is 10.3. The van der Waals surface area contributed by atoms with E-state index >= 15 is 0 Å². The maximum atomic E-state index is 10.9. The second-order valence-electron chi connectivity index (χ2n) is 2.61. The number of rotatable bonds is 3. The van der Waals surface area contributed by atoms with Gasteiger partial charge in [-0.15, -0.1) is 0 Å². The Balaban J connectivity index is 2.68. The molecule has 0 aliphatic rings. The van der Waals surface area contributed by atoms with Crippen molar-refractivity contribution in [2.24, 2.45) is 0 Å². The molecule has 1 aromatic rings. The Labute approximate surface area is 95.4 Å². The van der Waals surface area contributed by atoms with Crippen LogP contribution in [0.2, 0.25) is 0 Å². The molecule has 0 saturated heterocycles. The Morgan fingerprint density at radius 3 is 3.07 bits per heavy atom. The fourth-order valence-electron chi connectivity index (χ4n) is 0.802. The first-order valence-electron chi connectivity index (χ1n) is 3.96. The zero-order valence-corrected chi connectivity index (χ0v) is 10.3. The lowest BCUT2D eigenvalue weighted by Crippen LogP contribution is -2.03. The number of ether oxygens (including phenoxy) is 1. The van der Waals surface area contributed by atoms with Gasteiger partial charge in [0.15, 0.2) is 0 Å². The molecule has 76 valence electrons. The molecule has 3 nitrogen and oxygen atoms in total. The van der Waals surface area contributed by atoms with Gasteiger partial charge < -0.3 is 4.74 Å². The third kappa shape index (κ3) is 2.99. The molecule has 0 amide bonds. The van der Waals surface area contributed by atoms with Crippen molar-refractivity contribution in [1.29, 1.82) is 0 Å². The van der Waals surface area contributed by atoms with Crippen LogP contribution in [0.25, 0.3) is 0 Å². The minimum Gasteiger partial charge on any atom is -0.468 e. The van der Waals surface area contributed by atoms with Crippen molar-refractivity contribution >= 4 is 33.7 Å². The van der Waals surface area contributed by atoms with E-state index in [9.17, 15) is 4.79 Å². The number of pyridine rings is 1. The largest absolute Gasteiger partial charge is 0.468 e. The van der Waals surface area contributed by atoms with Crippen LogP contribution in [0.1, 0.15) is 5.56 Å². The number of halogens is 1. The molecule has 0 bridgehead atoms. The number of hydrogen-bond donors (Lipinski definition) is 0. The van der Waals surface area contributed by atoms with Gasteiger partial charge in [-0.05, 0) is 34.5 Å². The summed E-state index contributed by atoms with van der Waals surface area (Å²) < 4.78 is 5.48. The van der Waals surface area contributed by atoms with Crippen LogP contribution >= 0.6 is 27.7 Å². The van der Waals surface area contributed by atoms with E-state index in [1.807, 2.05) is 13.0 Å². The summed E-state index contributed by atoms with van der Waals surface area (Å²) >= 11 is 4.78. The van der Waals surface area contributed by atoms with E-state index in [0.717, 1.165) is 15.1 Å². The molecule has 0 fully saturated rings. The molecule has 0 N–H and O–H groups in total.